The molecule has 0 bridgehead atoms. The van der Waals surface area contributed by atoms with Crippen molar-refractivity contribution < 1.29 is 18.7 Å². The van der Waals surface area contributed by atoms with E-state index in [-0.39, 0.29) is 6.79 Å². The Morgan fingerprint density at radius 2 is 1.91 bits per heavy atom. The first-order valence-electron chi connectivity index (χ1n) is 6.88. The van der Waals surface area contributed by atoms with E-state index in [2.05, 4.69) is 10.5 Å². The Morgan fingerprint density at radius 3 is 2.74 bits per heavy atom. The van der Waals surface area contributed by atoms with Gasteiger partial charge in [-0.1, -0.05) is 12.1 Å². The summed E-state index contributed by atoms with van der Waals surface area (Å²) in [4.78, 5) is 11.7. The van der Waals surface area contributed by atoms with Crippen LogP contribution in [0.15, 0.2) is 53.6 Å². The van der Waals surface area contributed by atoms with Gasteiger partial charge < -0.3 is 9.47 Å². The number of hydrazone groups is 1. The molecule has 0 radical (unpaired) electrons. The largest absolute Gasteiger partial charge is 0.454 e. The molecule has 3 rings (SSSR count). The van der Waals surface area contributed by atoms with Crippen molar-refractivity contribution in [2.45, 2.75) is 0 Å². The molecule has 6 heteroatoms. The van der Waals surface area contributed by atoms with Crippen molar-refractivity contribution >= 4 is 18.2 Å². The highest BCUT2D eigenvalue weighted by atomic mass is 19.1. The Labute approximate surface area is 132 Å². The molecule has 0 atom stereocenters. The van der Waals surface area contributed by atoms with E-state index < -0.39 is 11.7 Å². The van der Waals surface area contributed by atoms with Crippen molar-refractivity contribution in [1.82, 2.24) is 5.43 Å². The molecule has 5 nitrogen and oxygen atoms in total. The Bertz CT molecular complexity index is 770. The van der Waals surface area contributed by atoms with E-state index in [0.29, 0.717) is 11.3 Å². The zero-order chi connectivity index (χ0) is 16.1. The van der Waals surface area contributed by atoms with Gasteiger partial charge in [-0.25, -0.2) is 9.82 Å². The molecule has 0 fully saturated rings. The lowest BCUT2D eigenvalue weighted by Gasteiger charge is -1.98. The molecule has 0 saturated carbocycles. The minimum atomic E-state index is -0.405. The zero-order valence-electron chi connectivity index (χ0n) is 12.0. The van der Waals surface area contributed by atoms with E-state index in [9.17, 15) is 9.18 Å². The highest BCUT2D eigenvalue weighted by molar-refractivity contribution is 5.94. The molecule has 116 valence electrons. The maximum atomic E-state index is 12.8. The van der Waals surface area contributed by atoms with E-state index >= 15 is 0 Å². The summed E-state index contributed by atoms with van der Waals surface area (Å²) >= 11 is 0. The van der Waals surface area contributed by atoms with Crippen molar-refractivity contribution in [2.24, 2.45) is 5.10 Å². The lowest BCUT2D eigenvalue weighted by molar-refractivity contribution is 0.0955. The number of benzene rings is 2. The third-order valence-electron chi connectivity index (χ3n) is 3.12. The fourth-order valence-corrected chi connectivity index (χ4v) is 1.98. The number of ether oxygens (including phenoxy) is 2. The molecule has 23 heavy (non-hydrogen) atoms. The molecule has 1 heterocycles. The minimum absolute atomic E-state index is 0.235. The molecule has 0 unspecified atom stereocenters. The van der Waals surface area contributed by atoms with Gasteiger partial charge in [0.25, 0.3) is 5.91 Å². The summed E-state index contributed by atoms with van der Waals surface area (Å²) < 4.78 is 23.3. The van der Waals surface area contributed by atoms with Gasteiger partial charge in [-0.2, -0.15) is 5.10 Å². The van der Waals surface area contributed by atoms with Crippen LogP contribution < -0.4 is 14.9 Å². The molecule has 0 spiro atoms. The molecule has 2 aromatic carbocycles. The second-order valence-corrected chi connectivity index (χ2v) is 4.70. The summed E-state index contributed by atoms with van der Waals surface area (Å²) in [5, 5.41) is 3.80. The van der Waals surface area contributed by atoms with Crippen LogP contribution in [0, 0.1) is 5.82 Å². The smallest absolute Gasteiger partial charge is 0.271 e. The minimum Gasteiger partial charge on any atom is -0.454 e. The van der Waals surface area contributed by atoms with E-state index in [4.69, 9.17) is 9.47 Å². The number of allylic oxidation sites excluding steroid dienone is 1. The number of hydrogen-bond acceptors (Lipinski definition) is 4. The van der Waals surface area contributed by atoms with Crippen molar-refractivity contribution in [3.63, 3.8) is 0 Å². The third-order valence-corrected chi connectivity index (χ3v) is 3.12. The first-order chi connectivity index (χ1) is 11.2. The molecule has 1 amide bonds. The second-order valence-electron chi connectivity index (χ2n) is 4.70. The Morgan fingerprint density at radius 1 is 1.13 bits per heavy atom. The highest BCUT2D eigenvalue weighted by Gasteiger charge is 2.11. The molecule has 1 aliphatic rings. The van der Waals surface area contributed by atoms with Gasteiger partial charge in [0.05, 0.1) is 0 Å². The Kier molecular flexibility index (Phi) is 4.33. The predicted molar refractivity (Wildman–Crippen MR) is 84.0 cm³/mol. The maximum Gasteiger partial charge on any atom is 0.271 e. The normalized spacial score (nSPS) is 12.9. The van der Waals surface area contributed by atoms with Gasteiger partial charge in [-0.05, 0) is 48.0 Å². The molecular formula is C17H13FN2O3. The zero-order valence-corrected chi connectivity index (χ0v) is 12.0. The van der Waals surface area contributed by atoms with Crippen molar-refractivity contribution in [2.75, 3.05) is 6.79 Å². The van der Waals surface area contributed by atoms with E-state index in [1.54, 1.807) is 6.08 Å². The van der Waals surface area contributed by atoms with Gasteiger partial charge in [0, 0.05) is 11.8 Å². The summed E-state index contributed by atoms with van der Waals surface area (Å²) in [7, 11) is 0. The van der Waals surface area contributed by atoms with Crippen LogP contribution in [0.3, 0.4) is 0 Å². The fraction of sp³-hybridized carbons (Fsp3) is 0.0588. The number of nitrogens with zero attached hydrogens (tertiary/aromatic N) is 1. The van der Waals surface area contributed by atoms with Gasteiger partial charge in [-0.15, -0.1) is 0 Å². The van der Waals surface area contributed by atoms with Gasteiger partial charge in [0.15, 0.2) is 11.5 Å². The molecule has 0 saturated heterocycles. The van der Waals surface area contributed by atoms with E-state index in [1.165, 1.54) is 30.5 Å². The van der Waals surface area contributed by atoms with Crippen molar-refractivity contribution in [3.05, 3.63) is 65.5 Å². The molecular weight excluding hydrogens is 299 g/mol. The maximum absolute atomic E-state index is 12.8. The number of hydrogen-bond donors (Lipinski definition) is 1. The van der Waals surface area contributed by atoms with Crippen LogP contribution in [-0.4, -0.2) is 18.9 Å². The SMILES string of the molecule is O=C(NN=C/C=C/c1ccc2c(c1)OCO2)c1ccc(F)cc1. The van der Waals surface area contributed by atoms with Gasteiger partial charge in [0.2, 0.25) is 6.79 Å². The summed E-state index contributed by atoms with van der Waals surface area (Å²) in [6.45, 7) is 0.235. The number of amides is 1. The lowest BCUT2D eigenvalue weighted by atomic mass is 10.2. The standard InChI is InChI=1S/C17H13FN2O3/c18-14-6-4-13(5-7-14)17(21)20-19-9-1-2-12-3-8-15-16(10-12)23-11-22-15/h1-10H,11H2,(H,20,21)/b2-1+,19-9?. The molecule has 2 aromatic rings. The topological polar surface area (TPSA) is 59.9 Å². The monoisotopic (exact) mass is 312 g/mol. The van der Waals surface area contributed by atoms with Crippen LogP contribution in [0.1, 0.15) is 15.9 Å². The molecule has 1 N–H and O–H groups in total. The summed E-state index contributed by atoms with van der Waals surface area (Å²) in [6, 6.07) is 10.8. The van der Waals surface area contributed by atoms with Crippen LogP contribution in [0.25, 0.3) is 6.08 Å². The van der Waals surface area contributed by atoms with E-state index in [0.717, 1.165) is 11.3 Å². The quantitative estimate of drug-likeness (QED) is 0.697. The van der Waals surface area contributed by atoms with Gasteiger partial charge in [0.1, 0.15) is 5.82 Å². The number of nitrogens with one attached hydrogen (secondary N) is 1. The number of halogens is 1. The van der Waals surface area contributed by atoms with Gasteiger partial charge >= 0.3 is 0 Å². The first kappa shape index (κ1) is 14.8. The van der Waals surface area contributed by atoms with Crippen LogP contribution in [0.5, 0.6) is 11.5 Å². The average Bonchev–Trinajstić information content (AvgIpc) is 3.02. The summed E-state index contributed by atoms with van der Waals surface area (Å²) in [5.74, 6) is 0.630. The number of fused-ring (bicyclic) bond motifs is 1. The second kappa shape index (κ2) is 6.74. The predicted octanol–water partition coefficient (Wildman–Crippen LogP) is 2.98. The molecule has 1 aliphatic heterocycles. The number of carbonyl (C=O) groups is 1. The summed E-state index contributed by atoms with van der Waals surface area (Å²) in [6.07, 6.45) is 4.95. The van der Waals surface area contributed by atoms with E-state index in [1.807, 2.05) is 24.3 Å². The van der Waals surface area contributed by atoms with Crippen LogP contribution >= 0.6 is 0 Å². The molecule has 0 aliphatic carbocycles. The molecule has 0 aromatic heterocycles. The van der Waals surface area contributed by atoms with Gasteiger partial charge in [-0.3, -0.25) is 4.79 Å². The third kappa shape index (κ3) is 3.74. The van der Waals surface area contributed by atoms with Crippen LogP contribution in [0.4, 0.5) is 4.39 Å². The first-order valence-corrected chi connectivity index (χ1v) is 6.88. The fourth-order valence-electron chi connectivity index (χ4n) is 1.98. The number of rotatable bonds is 4. The summed E-state index contributed by atoms with van der Waals surface area (Å²) in [5.41, 5.74) is 3.62. The van der Waals surface area contributed by atoms with Crippen LogP contribution in [0.2, 0.25) is 0 Å². The average molecular weight is 312 g/mol. The van der Waals surface area contributed by atoms with Crippen molar-refractivity contribution in [3.8, 4) is 11.5 Å². The van der Waals surface area contributed by atoms with Crippen LogP contribution in [-0.2, 0) is 0 Å². The Balaban J connectivity index is 1.54. The van der Waals surface area contributed by atoms with Crippen molar-refractivity contribution in [1.29, 1.82) is 0 Å². The lowest BCUT2D eigenvalue weighted by Crippen LogP contribution is -2.17. The number of carbonyl (C=O) groups excluding carboxylic acids is 1. The highest BCUT2D eigenvalue weighted by Crippen LogP contribution is 2.32. The Hall–Kier alpha value is -3.15.